The van der Waals surface area contributed by atoms with Crippen LogP contribution in [0.3, 0.4) is 0 Å². The predicted molar refractivity (Wildman–Crippen MR) is 102 cm³/mol. The van der Waals surface area contributed by atoms with Crippen molar-refractivity contribution in [3.8, 4) is 0 Å². The van der Waals surface area contributed by atoms with Crippen molar-refractivity contribution < 1.29 is 9.72 Å². The Morgan fingerprint density at radius 1 is 1.00 bits per heavy atom. The van der Waals surface area contributed by atoms with Crippen molar-refractivity contribution in [2.75, 3.05) is 5.32 Å². The summed E-state index contributed by atoms with van der Waals surface area (Å²) in [4.78, 5) is 22.5. The van der Waals surface area contributed by atoms with E-state index in [1.165, 1.54) is 34.7 Å². The van der Waals surface area contributed by atoms with Gasteiger partial charge in [0.1, 0.15) is 0 Å². The minimum atomic E-state index is -0.449. The molecule has 1 aliphatic carbocycles. The summed E-state index contributed by atoms with van der Waals surface area (Å²) in [6.07, 6.45) is 5.16. The van der Waals surface area contributed by atoms with Gasteiger partial charge in [0.25, 0.3) is 5.69 Å². The molecular weight excluding hydrogens is 328 g/mol. The van der Waals surface area contributed by atoms with Crippen molar-refractivity contribution in [3.63, 3.8) is 0 Å². The maximum atomic E-state index is 12.3. The number of amides is 1. The van der Waals surface area contributed by atoms with Gasteiger partial charge < -0.3 is 5.32 Å². The van der Waals surface area contributed by atoms with Crippen LogP contribution in [0.25, 0.3) is 16.8 Å². The van der Waals surface area contributed by atoms with Crippen LogP contribution in [-0.4, -0.2) is 10.8 Å². The summed E-state index contributed by atoms with van der Waals surface area (Å²) >= 11 is 0. The molecule has 0 atom stereocenters. The second-order valence-corrected chi connectivity index (χ2v) is 6.28. The maximum Gasteiger partial charge on any atom is 0.269 e. The summed E-state index contributed by atoms with van der Waals surface area (Å²) in [6.45, 7) is 0. The number of aryl methyl sites for hydroxylation is 2. The molecule has 0 aliphatic heterocycles. The minimum Gasteiger partial charge on any atom is -0.322 e. The second-order valence-electron chi connectivity index (χ2n) is 6.28. The second kappa shape index (κ2) is 6.44. The smallest absolute Gasteiger partial charge is 0.269 e. The minimum absolute atomic E-state index is 0.0273. The first-order chi connectivity index (χ1) is 12.6. The molecule has 3 aromatic carbocycles. The first-order valence-electron chi connectivity index (χ1n) is 8.39. The van der Waals surface area contributed by atoms with Crippen LogP contribution < -0.4 is 5.32 Å². The topological polar surface area (TPSA) is 72.2 Å². The molecule has 26 heavy (non-hydrogen) atoms. The molecule has 0 fully saturated rings. The quantitative estimate of drug-likeness (QED) is 0.430. The normalized spacial score (nSPS) is 12.6. The Morgan fingerprint density at radius 2 is 1.73 bits per heavy atom. The molecule has 0 spiro atoms. The molecule has 0 saturated carbocycles. The number of nitrogens with zero attached hydrogens (tertiary/aromatic N) is 1. The van der Waals surface area contributed by atoms with Gasteiger partial charge in [-0.1, -0.05) is 24.3 Å². The molecule has 0 unspecified atom stereocenters. The molecule has 0 heterocycles. The van der Waals surface area contributed by atoms with Gasteiger partial charge in [-0.05, 0) is 59.2 Å². The van der Waals surface area contributed by atoms with Crippen LogP contribution in [0.1, 0.15) is 16.7 Å². The molecule has 1 aliphatic rings. The SMILES string of the molecule is O=C(/C=C/c1ccc([N+](=O)[O-])cc1)Nc1ccc2c3c(cccc13)CC2. The molecule has 5 nitrogen and oxygen atoms in total. The molecule has 0 bridgehead atoms. The number of benzene rings is 3. The Kier molecular flexibility index (Phi) is 3.97. The number of non-ortho nitro benzene ring substituents is 1. The van der Waals surface area contributed by atoms with Crippen LogP contribution in [0, 0.1) is 10.1 Å². The molecule has 4 rings (SSSR count). The molecule has 3 aromatic rings. The summed E-state index contributed by atoms with van der Waals surface area (Å²) in [5.74, 6) is -0.234. The zero-order chi connectivity index (χ0) is 18.1. The van der Waals surface area contributed by atoms with Crippen LogP contribution in [0.4, 0.5) is 11.4 Å². The number of nitro benzene ring substituents is 1. The van der Waals surface area contributed by atoms with Crippen molar-refractivity contribution >= 4 is 34.1 Å². The highest BCUT2D eigenvalue weighted by molar-refractivity contribution is 6.09. The summed E-state index contributed by atoms with van der Waals surface area (Å²) < 4.78 is 0. The van der Waals surface area contributed by atoms with E-state index >= 15 is 0 Å². The van der Waals surface area contributed by atoms with Crippen LogP contribution >= 0.6 is 0 Å². The van der Waals surface area contributed by atoms with Gasteiger partial charge in [-0.3, -0.25) is 14.9 Å². The average molecular weight is 344 g/mol. The number of rotatable bonds is 4. The molecule has 1 amide bonds. The lowest BCUT2D eigenvalue weighted by atomic mass is 10.0. The fourth-order valence-electron chi connectivity index (χ4n) is 3.41. The van der Waals surface area contributed by atoms with Crippen LogP contribution in [0.2, 0.25) is 0 Å². The fraction of sp³-hybridized carbons (Fsp3) is 0.0952. The largest absolute Gasteiger partial charge is 0.322 e. The van der Waals surface area contributed by atoms with E-state index in [4.69, 9.17) is 0 Å². The van der Waals surface area contributed by atoms with Gasteiger partial charge in [-0.15, -0.1) is 0 Å². The van der Waals surface area contributed by atoms with Gasteiger partial charge >= 0.3 is 0 Å². The summed E-state index contributed by atoms with van der Waals surface area (Å²) in [6, 6.07) is 16.3. The van der Waals surface area contributed by atoms with Crippen molar-refractivity contribution in [2.45, 2.75) is 12.8 Å². The van der Waals surface area contributed by atoms with E-state index in [1.807, 2.05) is 18.2 Å². The first-order valence-corrected chi connectivity index (χ1v) is 8.39. The molecule has 0 radical (unpaired) electrons. The summed E-state index contributed by atoms with van der Waals surface area (Å²) in [5.41, 5.74) is 4.21. The lowest BCUT2D eigenvalue weighted by Gasteiger charge is -2.09. The lowest BCUT2D eigenvalue weighted by Crippen LogP contribution is -2.08. The molecule has 0 aromatic heterocycles. The molecule has 5 heteroatoms. The number of carbonyl (C=O) groups is 1. The lowest BCUT2D eigenvalue weighted by molar-refractivity contribution is -0.384. The molecular formula is C21H16N2O3. The van der Waals surface area contributed by atoms with Crippen molar-refractivity contribution in [1.29, 1.82) is 0 Å². The van der Waals surface area contributed by atoms with Gasteiger partial charge in [-0.25, -0.2) is 0 Å². The third kappa shape index (κ3) is 2.95. The van der Waals surface area contributed by atoms with Gasteiger partial charge in [0.2, 0.25) is 5.91 Å². The number of nitrogens with one attached hydrogen (secondary N) is 1. The van der Waals surface area contributed by atoms with E-state index in [2.05, 4.69) is 17.4 Å². The van der Waals surface area contributed by atoms with Crippen LogP contribution in [0.5, 0.6) is 0 Å². The zero-order valence-electron chi connectivity index (χ0n) is 13.9. The highest BCUT2D eigenvalue weighted by Crippen LogP contribution is 2.34. The Bertz CT molecular complexity index is 1040. The number of hydrogen-bond donors (Lipinski definition) is 1. The molecule has 1 N–H and O–H groups in total. The van der Waals surface area contributed by atoms with Gasteiger partial charge in [0.15, 0.2) is 0 Å². The standard InChI is InChI=1S/C21H16N2O3/c24-20(13-6-14-4-10-17(11-5-14)23(25)26)22-19-12-9-16-8-7-15-2-1-3-18(19)21(15)16/h1-6,9-13H,7-8H2,(H,22,24)/b13-6+. The number of nitro groups is 1. The maximum absolute atomic E-state index is 12.3. The number of hydrogen-bond acceptors (Lipinski definition) is 3. The Hall–Kier alpha value is -3.47. The zero-order valence-corrected chi connectivity index (χ0v) is 13.9. The first kappa shape index (κ1) is 16.0. The molecule has 128 valence electrons. The van der Waals surface area contributed by atoms with Crippen molar-refractivity contribution in [1.82, 2.24) is 0 Å². The number of anilines is 1. The summed E-state index contributed by atoms with van der Waals surface area (Å²) in [7, 11) is 0. The Balaban J connectivity index is 1.54. The van der Waals surface area contributed by atoms with E-state index in [0.717, 1.165) is 29.5 Å². The third-order valence-electron chi connectivity index (χ3n) is 4.67. The Morgan fingerprint density at radius 3 is 2.46 bits per heavy atom. The van der Waals surface area contributed by atoms with Gasteiger partial charge in [0, 0.05) is 29.3 Å². The molecule has 0 saturated heterocycles. The van der Waals surface area contributed by atoms with E-state index in [9.17, 15) is 14.9 Å². The highest BCUT2D eigenvalue weighted by Gasteiger charge is 2.16. The van der Waals surface area contributed by atoms with Crippen molar-refractivity contribution in [3.05, 3.63) is 87.5 Å². The van der Waals surface area contributed by atoms with E-state index < -0.39 is 4.92 Å². The summed E-state index contributed by atoms with van der Waals surface area (Å²) in [5, 5.41) is 15.9. The monoisotopic (exact) mass is 344 g/mol. The third-order valence-corrected chi connectivity index (χ3v) is 4.67. The van der Waals surface area contributed by atoms with Gasteiger partial charge in [-0.2, -0.15) is 0 Å². The van der Waals surface area contributed by atoms with Gasteiger partial charge in [0.05, 0.1) is 4.92 Å². The van der Waals surface area contributed by atoms with Crippen LogP contribution in [0.15, 0.2) is 60.7 Å². The number of carbonyl (C=O) groups excluding carboxylic acids is 1. The van der Waals surface area contributed by atoms with E-state index in [0.29, 0.717) is 0 Å². The predicted octanol–water partition coefficient (Wildman–Crippen LogP) is 4.50. The Labute approximate surface area is 150 Å². The van der Waals surface area contributed by atoms with E-state index in [-0.39, 0.29) is 11.6 Å². The van der Waals surface area contributed by atoms with E-state index in [1.54, 1.807) is 18.2 Å². The van der Waals surface area contributed by atoms with Crippen LogP contribution in [-0.2, 0) is 17.6 Å². The fourth-order valence-corrected chi connectivity index (χ4v) is 3.41. The average Bonchev–Trinajstić information content (AvgIpc) is 3.07. The highest BCUT2D eigenvalue weighted by atomic mass is 16.6. The van der Waals surface area contributed by atoms with Crippen molar-refractivity contribution in [2.24, 2.45) is 0 Å².